The highest BCUT2D eigenvalue weighted by Gasteiger charge is 2.23. The summed E-state index contributed by atoms with van der Waals surface area (Å²) in [7, 11) is 0. The van der Waals surface area contributed by atoms with E-state index in [1.807, 2.05) is 6.07 Å². The van der Waals surface area contributed by atoms with E-state index < -0.39 is 5.91 Å². The fraction of sp³-hybridized carbons (Fsp3) is 0.385. The van der Waals surface area contributed by atoms with E-state index in [-0.39, 0.29) is 11.8 Å². The average molecular weight is 262 g/mol. The Balaban J connectivity index is 2.14. The maximum atomic E-state index is 11.3. The number of benzene rings is 1. The molecule has 0 unspecified atom stereocenters. The molecule has 0 aromatic heterocycles. The van der Waals surface area contributed by atoms with Crippen molar-refractivity contribution >= 4 is 23.2 Å². The van der Waals surface area contributed by atoms with Crippen molar-refractivity contribution < 1.29 is 9.59 Å². The van der Waals surface area contributed by atoms with E-state index in [4.69, 9.17) is 17.2 Å². The van der Waals surface area contributed by atoms with Crippen molar-refractivity contribution in [3.05, 3.63) is 23.8 Å². The fourth-order valence-electron chi connectivity index (χ4n) is 2.38. The van der Waals surface area contributed by atoms with Crippen LogP contribution in [0.1, 0.15) is 23.2 Å². The third-order valence-corrected chi connectivity index (χ3v) is 3.56. The van der Waals surface area contributed by atoms with E-state index in [0.29, 0.717) is 11.3 Å². The van der Waals surface area contributed by atoms with Gasteiger partial charge in [0.2, 0.25) is 5.91 Å². The minimum Gasteiger partial charge on any atom is -0.398 e. The molecule has 0 saturated carbocycles. The molecule has 1 aliphatic rings. The molecule has 6 nitrogen and oxygen atoms in total. The van der Waals surface area contributed by atoms with E-state index in [1.165, 1.54) is 0 Å². The monoisotopic (exact) mass is 262 g/mol. The number of carbonyl (C=O) groups excluding carboxylic acids is 2. The van der Waals surface area contributed by atoms with Crippen LogP contribution in [-0.4, -0.2) is 24.9 Å². The molecular weight excluding hydrogens is 244 g/mol. The van der Waals surface area contributed by atoms with Gasteiger partial charge in [0.15, 0.2) is 0 Å². The molecule has 1 aromatic rings. The first-order valence-electron chi connectivity index (χ1n) is 6.22. The number of nitrogen functional groups attached to an aromatic ring is 1. The van der Waals surface area contributed by atoms with Gasteiger partial charge in [-0.25, -0.2) is 0 Å². The van der Waals surface area contributed by atoms with Crippen molar-refractivity contribution in [2.75, 3.05) is 23.7 Å². The number of anilines is 2. The van der Waals surface area contributed by atoms with Gasteiger partial charge in [0, 0.05) is 30.4 Å². The lowest BCUT2D eigenvalue weighted by Gasteiger charge is -2.32. The summed E-state index contributed by atoms with van der Waals surface area (Å²) in [5.74, 6) is -0.832. The highest BCUT2D eigenvalue weighted by Crippen LogP contribution is 2.26. The second kappa shape index (κ2) is 5.17. The molecule has 19 heavy (non-hydrogen) atoms. The van der Waals surface area contributed by atoms with Gasteiger partial charge < -0.3 is 22.1 Å². The minimum absolute atomic E-state index is 0.0550. The Morgan fingerprint density at radius 2 is 1.79 bits per heavy atom. The number of piperidine rings is 1. The van der Waals surface area contributed by atoms with Gasteiger partial charge in [-0.2, -0.15) is 0 Å². The Hall–Kier alpha value is -2.24. The molecule has 0 spiro atoms. The lowest BCUT2D eigenvalue weighted by molar-refractivity contribution is -0.122. The standard InChI is InChI=1S/C13H18N4O2/c14-11-2-1-9(7-10(11)13(16)19)17-5-3-8(4-6-17)12(15)18/h1-2,7-8H,3-6,14H2,(H2,15,18)(H2,16,19). The zero-order chi connectivity index (χ0) is 14.0. The fourth-order valence-corrected chi connectivity index (χ4v) is 2.38. The van der Waals surface area contributed by atoms with Gasteiger partial charge in [0.25, 0.3) is 5.91 Å². The molecule has 6 N–H and O–H groups in total. The van der Waals surface area contributed by atoms with Gasteiger partial charge in [-0.3, -0.25) is 9.59 Å². The molecule has 0 atom stereocenters. The second-order valence-corrected chi connectivity index (χ2v) is 4.80. The van der Waals surface area contributed by atoms with E-state index in [0.717, 1.165) is 31.6 Å². The van der Waals surface area contributed by atoms with E-state index >= 15 is 0 Å². The van der Waals surface area contributed by atoms with Gasteiger partial charge in [-0.1, -0.05) is 0 Å². The van der Waals surface area contributed by atoms with Crippen LogP contribution >= 0.6 is 0 Å². The molecule has 1 fully saturated rings. The number of hydrogen-bond acceptors (Lipinski definition) is 4. The molecule has 1 heterocycles. The first-order chi connectivity index (χ1) is 8.99. The first-order valence-corrected chi connectivity index (χ1v) is 6.22. The number of amides is 2. The summed E-state index contributed by atoms with van der Waals surface area (Å²) in [4.78, 5) is 24.5. The van der Waals surface area contributed by atoms with Crippen LogP contribution in [0.2, 0.25) is 0 Å². The molecule has 0 aliphatic carbocycles. The summed E-state index contributed by atoms with van der Waals surface area (Å²) in [5.41, 5.74) is 17.9. The summed E-state index contributed by atoms with van der Waals surface area (Å²) in [5, 5.41) is 0. The van der Waals surface area contributed by atoms with Crippen molar-refractivity contribution in [3.63, 3.8) is 0 Å². The zero-order valence-corrected chi connectivity index (χ0v) is 10.6. The molecule has 2 amide bonds. The molecule has 1 aromatic carbocycles. The Morgan fingerprint density at radius 3 is 2.32 bits per heavy atom. The maximum Gasteiger partial charge on any atom is 0.250 e. The lowest BCUT2D eigenvalue weighted by atomic mass is 9.95. The molecule has 1 saturated heterocycles. The summed E-state index contributed by atoms with van der Waals surface area (Å²) in [6.45, 7) is 1.46. The Bertz CT molecular complexity index is 507. The van der Waals surface area contributed by atoms with Gasteiger partial charge in [0.05, 0.1) is 5.56 Å². The third kappa shape index (κ3) is 2.78. The van der Waals surface area contributed by atoms with Gasteiger partial charge in [-0.05, 0) is 31.0 Å². The Labute approximate surface area is 111 Å². The highest BCUT2D eigenvalue weighted by molar-refractivity contribution is 5.99. The van der Waals surface area contributed by atoms with Crippen molar-refractivity contribution in [1.29, 1.82) is 0 Å². The van der Waals surface area contributed by atoms with Crippen LogP contribution in [-0.2, 0) is 4.79 Å². The van der Waals surface area contributed by atoms with Gasteiger partial charge >= 0.3 is 0 Å². The third-order valence-electron chi connectivity index (χ3n) is 3.56. The smallest absolute Gasteiger partial charge is 0.250 e. The normalized spacial score (nSPS) is 16.3. The molecule has 102 valence electrons. The Kier molecular flexibility index (Phi) is 3.59. The largest absolute Gasteiger partial charge is 0.398 e. The topological polar surface area (TPSA) is 115 Å². The molecular formula is C13H18N4O2. The maximum absolute atomic E-state index is 11.3. The molecule has 0 bridgehead atoms. The molecule has 1 aliphatic heterocycles. The van der Waals surface area contributed by atoms with Crippen molar-refractivity contribution in [3.8, 4) is 0 Å². The number of hydrogen-bond donors (Lipinski definition) is 3. The van der Waals surface area contributed by atoms with Gasteiger partial charge in [0.1, 0.15) is 0 Å². The van der Waals surface area contributed by atoms with Gasteiger partial charge in [-0.15, -0.1) is 0 Å². The van der Waals surface area contributed by atoms with Crippen molar-refractivity contribution in [2.45, 2.75) is 12.8 Å². The van der Waals surface area contributed by atoms with Crippen LogP contribution < -0.4 is 22.1 Å². The number of rotatable bonds is 3. The van der Waals surface area contributed by atoms with Crippen molar-refractivity contribution in [2.24, 2.45) is 17.4 Å². The minimum atomic E-state index is -0.536. The quantitative estimate of drug-likeness (QED) is 0.668. The van der Waals surface area contributed by atoms with Crippen LogP contribution in [0.3, 0.4) is 0 Å². The van der Waals surface area contributed by atoms with Crippen LogP contribution in [0.15, 0.2) is 18.2 Å². The first kappa shape index (κ1) is 13.2. The summed E-state index contributed by atoms with van der Waals surface area (Å²) in [6, 6.07) is 5.23. The van der Waals surface area contributed by atoms with Crippen LogP contribution in [0.4, 0.5) is 11.4 Å². The zero-order valence-electron chi connectivity index (χ0n) is 10.6. The van der Waals surface area contributed by atoms with Crippen LogP contribution in [0.25, 0.3) is 0 Å². The molecule has 0 radical (unpaired) electrons. The van der Waals surface area contributed by atoms with E-state index in [9.17, 15) is 9.59 Å². The average Bonchev–Trinajstić information content (AvgIpc) is 2.39. The summed E-state index contributed by atoms with van der Waals surface area (Å²) < 4.78 is 0. The molecule has 2 rings (SSSR count). The Morgan fingerprint density at radius 1 is 1.16 bits per heavy atom. The number of nitrogens with zero attached hydrogens (tertiary/aromatic N) is 1. The van der Waals surface area contributed by atoms with Crippen LogP contribution in [0, 0.1) is 5.92 Å². The number of carbonyl (C=O) groups is 2. The summed E-state index contributed by atoms with van der Waals surface area (Å²) >= 11 is 0. The highest BCUT2D eigenvalue weighted by atomic mass is 16.1. The predicted molar refractivity (Wildman–Crippen MR) is 73.5 cm³/mol. The summed E-state index contributed by atoms with van der Waals surface area (Å²) in [6.07, 6.45) is 1.46. The number of primary amides is 2. The van der Waals surface area contributed by atoms with E-state index in [1.54, 1.807) is 12.1 Å². The number of nitrogens with two attached hydrogens (primary N) is 3. The van der Waals surface area contributed by atoms with Crippen molar-refractivity contribution in [1.82, 2.24) is 0 Å². The predicted octanol–water partition coefficient (Wildman–Crippen LogP) is 0.0694. The van der Waals surface area contributed by atoms with E-state index in [2.05, 4.69) is 4.90 Å². The van der Waals surface area contributed by atoms with Crippen LogP contribution in [0.5, 0.6) is 0 Å². The lowest BCUT2D eigenvalue weighted by Crippen LogP contribution is -2.38. The molecule has 6 heteroatoms. The SMILES string of the molecule is NC(=O)c1cc(N2CCC(C(N)=O)CC2)ccc1N. The second-order valence-electron chi connectivity index (χ2n) is 4.80.